The molecule has 0 amide bonds. The van der Waals surface area contributed by atoms with Gasteiger partial charge in [-0.05, 0) is 91.7 Å². The van der Waals surface area contributed by atoms with E-state index in [2.05, 4.69) is 37.8 Å². The summed E-state index contributed by atoms with van der Waals surface area (Å²) in [6, 6.07) is 6.34. The number of carbonyl (C=O) groups is 1. The summed E-state index contributed by atoms with van der Waals surface area (Å²) in [5.41, 5.74) is 4.22. The zero-order chi connectivity index (χ0) is 23.5. The lowest BCUT2D eigenvalue weighted by molar-refractivity contribution is -0.114. The molecule has 0 unspecified atom stereocenters. The maximum absolute atomic E-state index is 12.2. The normalized spacial score (nSPS) is 35.7. The van der Waals surface area contributed by atoms with Gasteiger partial charge in [0.05, 0.1) is 0 Å². The quantitative estimate of drug-likeness (QED) is 0.565. The van der Waals surface area contributed by atoms with Gasteiger partial charge in [-0.2, -0.15) is 0 Å². The molecule has 1 N–H and O–H groups in total. The van der Waals surface area contributed by atoms with Crippen LogP contribution in [0.5, 0.6) is 11.5 Å². The van der Waals surface area contributed by atoms with Crippen LogP contribution in [0.1, 0.15) is 83.1 Å². The Morgan fingerprint density at radius 1 is 1.15 bits per heavy atom. The van der Waals surface area contributed by atoms with E-state index in [1.54, 1.807) is 0 Å². The summed E-state index contributed by atoms with van der Waals surface area (Å²) in [4.78, 5) is 12.2. The molecule has 1 aliphatic heterocycles. The van der Waals surface area contributed by atoms with E-state index in [0.717, 1.165) is 62.9 Å². The molecule has 5 atom stereocenters. The van der Waals surface area contributed by atoms with E-state index < -0.39 is 5.60 Å². The minimum absolute atomic E-state index is 0.185. The van der Waals surface area contributed by atoms with Gasteiger partial charge in [0, 0.05) is 24.2 Å². The Bertz CT molecular complexity index is 1160. The minimum atomic E-state index is -0.948. The molecule has 0 aromatic heterocycles. The maximum Gasteiger partial charge on any atom is 0.231 e. The van der Waals surface area contributed by atoms with Crippen LogP contribution in [0.2, 0.25) is 0 Å². The zero-order valence-corrected chi connectivity index (χ0v) is 20.3. The fourth-order valence-corrected chi connectivity index (χ4v) is 7.63. The topological polar surface area (TPSA) is 55.8 Å². The van der Waals surface area contributed by atoms with Gasteiger partial charge in [0.1, 0.15) is 5.60 Å². The fraction of sp³-hybridized carbons (Fsp3) is 0.567. The lowest BCUT2D eigenvalue weighted by atomic mass is 9.51. The van der Waals surface area contributed by atoms with Crippen LogP contribution >= 0.6 is 0 Å². The molecular weight excluding hydrogens is 424 g/mol. The van der Waals surface area contributed by atoms with Gasteiger partial charge < -0.3 is 14.6 Å². The third-order valence-electron chi connectivity index (χ3n) is 9.36. The van der Waals surface area contributed by atoms with Crippen molar-refractivity contribution in [2.45, 2.75) is 83.2 Å². The van der Waals surface area contributed by atoms with E-state index in [9.17, 15) is 9.90 Å². The van der Waals surface area contributed by atoms with E-state index in [-0.39, 0.29) is 23.9 Å². The first-order valence-corrected chi connectivity index (χ1v) is 13.0. The predicted octanol–water partition coefficient (Wildman–Crippen LogP) is 5.85. The zero-order valence-electron chi connectivity index (χ0n) is 20.3. The molecule has 6 rings (SSSR count). The Labute approximate surface area is 202 Å². The van der Waals surface area contributed by atoms with E-state index >= 15 is 0 Å². The van der Waals surface area contributed by atoms with Gasteiger partial charge in [-0.15, -0.1) is 5.92 Å². The van der Waals surface area contributed by atoms with Crippen molar-refractivity contribution in [3.8, 4) is 23.3 Å². The molecule has 2 saturated carbocycles. The van der Waals surface area contributed by atoms with Crippen molar-refractivity contribution in [1.29, 1.82) is 0 Å². The molecule has 1 heterocycles. The van der Waals surface area contributed by atoms with Crippen LogP contribution in [0.25, 0.3) is 0 Å². The Morgan fingerprint density at radius 2 is 2.00 bits per heavy atom. The number of aliphatic hydroxyl groups is 1. The van der Waals surface area contributed by atoms with Crippen LogP contribution in [-0.2, 0) is 4.79 Å². The highest BCUT2D eigenvalue weighted by Gasteiger charge is 2.62. The van der Waals surface area contributed by atoms with Crippen LogP contribution in [0, 0.1) is 29.1 Å². The monoisotopic (exact) mass is 458 g/mol. The van der Waals surface area contributed by atoms with Gasteiger partial charge in [-0.1, -0.05) is 31.4 Å². The molecule has 0 bridgehead atoms. The number of carbonyl (C=O) groups excluding carboxylic acids is 1. The second-order valence-corrected chi connectivity index (χ2v) is 11.1. The number of hydrogen-bond donors (Lipinski definition) is 1. The lowest BCUT2D eigenvalue weighted by Gasteiger charge is -2.53. The minimum Gasteiger partial charge on any atom is -0.454 e. The maximum atomic E-state index is 12.2. The van der Waals surface area contributed by atoms with E-state index in [0.29, 0.717) is 18.3 Å². The molecule has 4 heteroatoms. The Kier molecular flexibility index (Phi) is 5.19. The molecule has 2 fully saturated rings. The standard InChI is InChI=1S/C30H34O4/c1-3-4-5-13-30(32)14-12-25-23-9-6-19-15-21(31)8-10-22(19)28(23)24(17-29(25,30)2)20-7-11-26-27(16-20)34-18-33-26/h7,11,15-16,23-25,32H,3-4,6,8-10,12,14,17-18H2,1-2H3/t23-,24+,25-,29-,30-/m0/s1. The van der Waals surface area contributed by atoms with Crippen LogP contribution in [0.4, 0.5) is 0 Å². The van der Waals surface area contributed by atoms with E-state index in [1.165, 1.54) is 22.3 Å². The first-order chi connectivity index (χ1) is 16.4. The Morgan fingerprint density at radius 3 is 2.85 bits per heavy atom. The van der Waals surface area contributed by atoms with Crippen molar-refractivity contribution in [1.82, 2.24) is 0 Å². The van der Waals surface area contributed by atoms with Crippen molar-refractivity contribution in [3.05, 3.63) is 46.6 Å². The predicted molar refractivity (Wildman–Crippen MR) is 130 cm³/mol. The smallest absolute Gasteiger partial charge is 0.231 e. The summed E-state index contributed by atoms with van der Waals surface area (Å²) in [7, 11) is 0. The number of hydrogen-bond acceptors (Lipinski definition) is 4. The second kappa shape index (κ2) is 8.02. The average Bonchev–Trinajstić information content (AvgIpc) is 3.40. The molecule has 34 heavy (non-hydrogen) atoms. The second-order valence-electron chi connectivity index (χ2n) is 11.1. The first-order valence-electron chi connectivity index (χ1n) is 13.0. The lowest BCUT2D eigenvalue weighted by Crippen LogP contribution is -2.51. The van der Waals surface area contributed by atoms with Crippen molar-refractivity contribution < 1.29 is 19.4 Å². The van der Waals surface area contributed by atoms with E-state index in [4.69, 9.17) is 9.47 Å². The number of rotatable bonds is 2. The summed E-state index contributed by atoms with van der Waals surface area (Å²) >= 11 is 0. The summed E-state index contributed by atoms with van der Waals surface area (Å²) in [5, 5.41) is 12.0. The van der Waals surface area contributed by atoms with Gasteiger partial charge in [0.25, 0.3) is 0 Å². The first kappa shape index (κ1) is 22.0. The number of fused-ring (bicyclic) bond motifs is 5. The van der Waals surface area contributed by atoms with Crippen molar-refractivity contribution in [2.24, 2.45) is 17.3 Å². The number of benzene rings is 1. The highest BCUT2D eigenvalue weighted by molar-refractivity contribution is 5.93. The summed E-state index contributed by atoms with van der Waals surface area (Å²) in [6.45, 7) is 4.69. The largest absolute Gasteiger partial charge is 0.454 e. The van der Waals surface area contributed by atoms with Gasteiger partial charge >= 0.3 is 0 Å². The van der Waals surface area contributed by atoms with Crippen molar-refractivity contribution in [3.63, 3.8) is 0 Å². The Balaban J connectivity index is 1.50. The summed E-state index contributed by atoms with van der Waals surface area (Å²) in [6.07, 6.45) is 9.86. The molecule has 0 spiro atoms. The van der Waals surface area contributed by atoms with Gasteiger partial charge in [0.15, 0.2) is 17.3 Å². The van der Waals surface area contributed by atoms with Crippen molar-refractivity contribution >= 4 is 5.78 Å². The number of ether oxygens (including phenoxy) is 2. The Hall–Kier alpha value is -2.51. The van der Waals surface area contributed by atoms with Gasteiger partial charge in [-0.25, -0.2) is 0 Å². The molecule has 1 aromatic rings. The number of ketones is 1. The number of allylic oxidation sites excluding steroid dienone is 4. The summed E-state index contributed by atoms with van der Waals surface area (Å²) < 4.78 is 11.3. The molecule has 178 valence electrons. The average molecular weight is 459 g/mol. The van der Waals surface area contributed by atoms with Crippen LogP contribution in [-0.4, -0.2) is 23.3 Å². The van der Waals surface area contributed by atoms with Crippen molar-refractivity contribution in [2.75, 3.05) is 6.79 Å². The highest BCUT2D eigenvalue weighted by atomic mass is 16.7. The molecule has 5 aliphatic rings. The highest BCUT2D eigenvalue weighted by Crippen LogP contribution is 2.66. The molecule has 4 nitrogen and oxygen atoms in total. The van der Waals surface area contributed by atoms with Gasteiger partial charge in [0.2, 0.25) is 6.79 Å². The third-order valence-corrected chi connectivity index (χ3v) is 9.36. The molecule has 4 aliphatic carbocycles. The fourth-order valence-electron chi connectivity index (χ4n) is 7.63. The molecule has 0 radical (unpaired) electrons. The van der Waals surface area contributed by atoms with Gasteiger partial charge in [-0.3, -0.25) is 4.79 Å². The summed E-state index contributed by atoms with van der Waals surface area (Å²) in [5.74, 6) is 9.55. The van der Waals surface area contributed by atoms with Crippen LogP contribution in [0.3, 0.4) is 0 Å². The SMILES string of the molecule is CCCC#C[C@]1(O)CC[C@H]2[C@@H]3CCC4=CC(=O)CCC4=C3[C@@H](c3ccc4c(c3)OCO4)C[C@@]21C. The van der Waals surface area contributed by atoms with E-state index in [1.807, 2.05) is 12.1 Å². The molecule has 0 saturated heterocycles. The van der Waals surface area contributed by atoms with Crippen LogP contribution < -0.4 is 9.47 Å². The molecular formula is C30H34O4. The van der Waals surface area contributed by atoms with Crippen LogP contribution in [0.15, 0.2) is 41.0 Å². The third kappa shape index (κ3) is 3.20. The number of unbranched alkanes of at least 4 members (excludes halogenated alkanes) is 1. The molecule has 1 aromatic carbocycles.